The summed E-state index contributed by atoms with van der Waals surface area (Å²) in [7, 11) is 0. The Labute approximate surface area is 386 Å². The summed E-state index contributed by atoms with van der Waals surface area (Å²) >= 11 is 13.5. The van der Waals surface area contributed by atoms with Gasteiger partial charge in [0.15, 0.2) is 0 Å². The van der Waals surface area contributed by atoms with E-state index in [9.17, 15) is 0 Å². The van der Waals surface area contributed by atoms with Crippen LogP contribution in [0.1, 0.15) is 57.8 Å². The zero-order valence-electron chi connectivity index (χ0n) is 21.2. The molecule has 3 rings (SSSR count). The third-order valence-corrected chi connectivity index (χ3v) is 6.09. The second kappa shape index (κ2) is 34.4. The Morgan fingerprint density at radius 3 is 1.23 bits per heavy atom. The molecule has 3 heterocycles. The van der Waals surface area contributed by atoms with E-state index < -0.39 is 0 Å². The predicted molar refractivity (Wildman–Crippen MR) is 183 cm³/mol. The molecule has 3 aromatic rings. The molecular formula is C22H22I6N6W3Y2-6. The van der Waals surface area contributed by atoms with Gasteiger partial charge in [0.1, 0.15) is 0 Å². The minimum atomic E-state index is 0. The summed E-state index contributed by atoms with van der Waals surface area (Å²) in [5, 5.41) is 0. The molecule has 0 aromatic carbocycles. The molecule has 3 aromatic heterocycles. The van der Waals surface area contributed by atoms with Gasteiger partial charge in [0.05, 0.1) is 0 Å². The smallest absolute Gasteiger partial charge is 0 e. The minimum absolute atomic E-state index is 0. The molecule has 0 saturated carbocycles. The molecule has 0 bridgehead atoms. The third-order valence-electron chi connectivity index (χ3n) is 4.01. The maximum atomic E-state index is 4.15. The van der Waals surface area contributed by atoms with Gasteiger partial charge < -0.3 is 0 Å². The molecule has 6 nitrogen and oxygen atoms in total. The first kappa shape index (κ1) is 53.6. The molecule has 0 amide bonds. The Morgan fingerprint density at radius 2 is 1.00 bits per heavy atom. The summed E-state index contributed by atoms with van der Waals surface area (Å²) in [6, 6.07) is 0. The van der Waals surface area contributed by atoms with Crippen LogP contribution in [0.25, 0.3) is 0 Å². The molecule has 0 aliphatic carbocycles. The molecule has 39 heavy (non-hydrogen) atoms. The van der Waals surface area contributed by atoms with Crippen LogP contribution in [0.15, 0.2) is 19.0 Å². The first-order valence-electron chi connectivity index (χ1n) is 9.24. The van der Waals surface area contributed by atoms with Gasteiger partial charge in [0, 0.05) is 103 Å². The fourth-order valence-electron chi connectivity index (χ4n) is 1.98. The summed E-state index contributed by atoms with van der Waals surface area (Å²) < 4.78 is 7.28. The van der Waals surface area contributed by atoms with Crippen molar-refractivity contribution in [3.8, 4) is 0 Å². The van der Waals surface area contributed by atoms with Crippen molar-refractivity contribution in [3.05, 3.63) is 90.6 Å². The molecule has 2 radical (unpaired) electrons. The van der Waals surface area contributed by atoms with Crippen molar-refractivity contribution < 1.29 is 137 Å². The van der Waals surface area contributed by atoms with Crippen LogP contribution in [0.4, 0.5) is 0 Å². The van der Waals surface area contributed by atoms with Crippen LogP contribution in [0, 0.1) is 41.5 Å². The fraction of sp³-hybridized carbons (Fsp3) is 0.182. The molecule has 17 heteroatoms. The Balaban J connectivity index is -0.000000132. The van der Waals surface area contributed by atoms with Gasteiger partial charge in [-0.1, -0.05) is 0 Å². The number of aromatic nitrogens is 6. The largest absolute Gasteiger partial charge is 0 e. The second-order valence-electron chi connectivity index (χ2n) is 6.17. The number of halogens is 6. The van der Waals surface area contributed by atoms with E-state index in [2.05, 4.69) is 141 Å². The number of aryl methyl sites for hydroxylation is 3. The van der Waals surface area contributed by atoms with E-state index in [-0.39, 0.29) is 89.4 Å². The normalized spacial score (nSPS) is 8.21. The van der Waals surface area contributed by atoms with Gasteiger partial charge >= 0.3 is 269 Å². The van der Waals surface area contributed by atoms with Crippen LogP contribution >= 0.6 is 98.4 Å². The zero-order chi connectivity index (χ0) is 28.3. The molecule has 0 unspecified atom stereocenters. The molecule has 0 atom stereocenters. The second-order valence-corrected chi connectivity index (χ2v) is 26.1. The topological polar surface area (TPSA) is 77.3 Å². The Hall–Kier alpha value is 5.11. The number of rotatable bonds is 3. The summed E-state index contributed by atoms with van der Waals surface area (Å²) in [4.78, 5) is 24.1. The van der Waals surface area contributed by atoms with E-state index in [1.165, 1.54) is 74.6 Å². The first-order chi connectivity index (χ1) is 17.0. The predicted octanol–water partition coefficient (Wildman–Crippen LogP) is 3.30. The Kier molecular flexibility index (Phi) is 47.3. The van der Waals surface area contributed by atoms with Gasteiger partial charge in [-0.2, -0.15) is 0 Å². The standard InChI is InChI=1S/C8H9N2.2C7H6N2.I3.I2.HI.3W.2Y/c1-4-8-6(2)7(3)9-5-10-8;2*1-5-6(2)8-4-9-7(5)3;1-3-2;1-2;;;;;;/h5H,2H2,1,3H3;2*4H,1H2,2H3;;;1H;;;;;/q-1;2*-2;-1;;;;;;;. The van der Waals surface area contributed by atoms with Gasteiger partial charge in [-0.15, -0.1) is 24.0 Å². The average Bonchev–Trinajstić information content (AvgIpc) is 2.86. The van der Waals surface area contributed by atoms with Gasteiger partial charge in [0.25, 0.3) is 0 Å². The van der Waals surface area contributed by atoms with Crippen LogP contribution in [-0.4, -0.2) is 42.6 Å². The average molecular weight is 1860 g/mol. The maximum absolute atomic E-state index is 4.15. The SMILES string of the molecule is I.II.I[I-]I.[CH2-]c1c(C)ncnc1[C-]=[W].[CH2-]c1c(C)ncnc1[C-]=[W].[CH2-]c1c(C)ncnc1[C](C)=[W].[Y].[Y]. The van der Waals surface area contributed by atoms with Crippen LogP contribution in [0.5, 0.6) is 0 Å². The summed E-state index contributed by atoms with van der Waals surface area (Å²) in [6.07, 6.45) is 4.66. The molecule has 0 N–H and O–H groups in total. The van der Waals surface area contributed by atoms with Crippen molar-refractivity contribution in [2.45, 2.75) is 27.7 Å². The number of hydrogen-bond acceptors (Lipinski definition) is 6. The summed E-state index contributed by atoms with van der Waals surface area (Å²) in [6.45, 7) is 19.4. The van der Waals surface area contributed by atoms with E-state index in [4.69, 9.17) is 0 Å². The molecule has 0 aliphatic rings. The number of hydrogen-bond donors (Lipinski definition) is 0. The minimum Gasteiger partial charge on any atom is 0 e. The van der Waals surface area contributed by atoms with Gasteiger partial charge in [-0.3, -0.25) is 0 Å². The van der Waals surface area contributed by atoms with E-state index in [1.807, 2.05) is 20.8 Å². The van der Waals surface area contributed by atoms with E-state index in [0.717, 1.165) is 50.9 Å². The number of nitrogens with zero attached hydrogens (tertiary/aromatic N) is 6. The molecule has 0 spiro atoms. The van der Waals surface area contributed by atoms with Crippen molar-refractivity contribution in [1.82, 2.24) is 29.9 Å². The van der Waals surface area contributed by atoms with Gasteiger partial charge in [-0.05, 0) is 0 Å². The van der Waals surface area contributed by atoms with Crippen molar-refractivity contribution in [2.24, 2.45) is 0 Å². The first-order valence-corrected chi connectivity index (χ1v) is 32.5. The maximum Gasteiger partial charge on any atom is 0 e. The van der Waals surface area contributed by atoms with Crippen LogP contribution in [0.2, 0.25) is 0 Å². The van der Waals surface area contributed by atoms with Crippen molar-refractivity contribution in [3.63, 3.8) is 0 Å². The van der Waals surface area contributed by atoms with Crippen LogP contribution < -0.4 is 13.3 Å². The molecular weight excluding hydrogens is 1840 g/mol. The van der Waals surface area contributed by atoms with Gasteiger partial charge in [0.2, 0.25) is 0 Å². The van der Waals surface area contributed by atoms with Crippen LogP contribution in [-0.2, 0) is 123 Å². The summed E-state index contributed by atoms with van der Waals surface area (Å²) in [5.41, 5.74) is 8.24. The fourth-order valence-corrected chi connectivity index (χ4v) is 3.88. The van der Waals surface area contributed by atoms with E-state index >= 15 is 0 Å². The Morgan fingerprint density at radius 1 is 0.718 bits per heavy atom. The van der Waals surface area contributed by atoms with Crippen molar-refractivity contribution in [2.75, 3.05) is 0 Å². The van der Waals surface area contributed by atoms with Gasteiger partial charge in [-0.25, -0.2) is 0 Å². The molecule has 212 valence electrons. The van der Waals surface area contributed by atoms with Crippen LogP contribution in [0.3, 0.4) is 0 Å². The zero-order valence-corrected chi connectivity index (χ0v) is 48.8. The monoisotopic (exact) mass is 1860 g/mol. The molecule has 0 saturated heterocycles. The van der Waals surface area contributed by atoms with Crippen molar-refractivity contribution >= 4 is 111 Å². The summed E-state index contributed by atoms with van der Waals surface area (Å²) in [5.74, 6) is 0. The third kappa shape index (κ3) is 24.0. The Bertz CT molecular complexity index is 1080. The van der Waals surface area contributed by atoms with E-state index in [0.29, 0.717) is 13.3 Å². The molecule has 0 fully saturated rings. The van der Waals surface area contributed by atoms with Crippen molar-refractivity contribution in [1.29, 1.82) is 0 Å². The quantitative estimate of drug-likeness (QED) is 0.297. The van der Waals surface area contributed by atoms with E-state index in [1.54, 1.807) is 6.33 Å². The molecule has 0 aliphatic heterocycles.